The van der Waals surface area contributed by atoms with Crippen molar-refractivity contribution in [2.75, 3.05) is 0 Å². The summed E-state index contributed by atoms with van der Waals surface area (Å²) in [4.78, 5) is 24.8. The number of aryl methyl sites for hydroxylation is 1. The molecule has 70 valence electrons. The molecule has 0 fully saturated rings. The van der Waals surface area contributed by atoms with Gasteiger partial charge in [-0.05, 0) is 0 Å². The lowest BCUT2D eigenvalue weighted by Crippen LogP contribution is -2.16. The average molecular weight is 203 g/mol. The molecular weight excluding hydrogens is 196 g/mol. The minimum Gasteiger partial charge on any atom is -0.475 e. The summed E-state index contributed by atoms with van der Waals surface area (Å²) in [5.74, 6) is -2.36. The quantitative estimate of drug-likeness (QED) is 0.715. The van der Waals surface area contributed by atoms with Gasteiger partial charge in [0.15, 0.2) is 5.15 Å². The summed E-state index contributed by atoms with van der Waals surface area (Å²) >= 11 is 5.62. The Kier molecular flexibility index (Phi) is 2.67. The molecule has 1 rings (SSSR count). The van der Waals surface area contributed by atoms with E-state index in [2.05, 4.69) is 4.98 Å². The van der Waals surface area contributed by atoms with Crippen LogP contribution < -0.4 is 0 Å². The zero-order valence-electron chi connectivity index (χ0n) is 6.82. The fourth-order valence-corrected chi connectivity index (χ4v) is 1.10. The van der Waals surface area contributed by atoms with Gasteiger partial charge in [0, 0.05) is 7.05 Å². The number of nitrogens with zero attached hydrogens (tertiary/aromatic N) is 2. The van der Waals surface area contributed by atoms with E-state index in [1.54, 1.807) is 7.05 Å². The highest BCUT2D eigenvalue weighted by Crippen LogP contribution is 2.12. The first-order valence-electron chi connectivity index (χ1n) is 3.44. The third-order valence-corrected chi connectivity index (χ3v) is 1.89. The van der Waals surface area contributed by atoms with Gasteiger partial charge in [-0.1, -0.05) is 11.6 Å². The number of carboxylic acids is 1. The van der Waals surface area contributed by atoms with Crippen molar-refractivity contribution in [3.8, 4) is 0 Å². The highest BCUT2D eigenvalue weighted by Gasteiger charge is 2.16. The predicted molar refractivity (Wildman–Crippen MR) is 44.6 cm³/mol. The largest absolute Gasteiger partial charge is 0.475 e. The van der Waals surface area contributed by atoms with Crippen molar-refractivity contribution in [1.29, 1.82) is 0 Å². The van der Waals surface area contributed by atoms with Gasteiger partial charge >= 0.3 is 5.97 Å². The van der Waals surface area contributed by atoms with E-state index in [4.69, 9.17) is 16.7 Å². The van der Waals surface area contributed by atoms with E-state index in [0.717, 1.165) is 0 Å². The maximum Gasteiger partial charge on any atom is 0.372 e. The topological polar surface area (TPSA) is 72.2 Å². The van der Waals surface area contributed by atoms with Crippen molar-refractivity contribution in [3.63, 3.8) is 0 Å². The first-order valence-corrected chi connectivity index (χ1v) is 3.82. The van der Waals surface area contributed by atoms with E-state index in [9.17, 15) is 9.59 Å². The van der Waals surface area contributed by atoms with Crippen molar-refractivity contribution < 1.29 is 14.7 Å². The number of rotatable bonds is 3. The third kappa shape index (κ3) is 2.06. The smallest absolute Gasteiger partial charge is 0.372 e. The van der Waals surface area contributed by atoms with E-state index in [-0.39, 0.29) is 11.6 Å². The highest BCUT2D eigenvalue weighted by atomic mass is 35.5. The Morgan fingerprint density at radius 3 is 2.69 bits per heavy atom. The van der Waals surface area contributed by atoms with Crippen molar-refractivity contribution >= 4 is 23.4 Å². The van der Waals surface area contributed by atoms with Gasteiger partial charge in [-0.2, -0.15) is 0 Å². The maximum atomic E-state index is 10.8. The molecule has 13 heavy (non-hydrogen) atoms. The Labute approximate surface area is 79.0 Å². The summed E-state index contributed by atoms with van der Waals surface area (Å²) in [6.45, 7) is 0. The minimum absolute atomic E-state index is 0.164. The molecule has 0 aliphatic carbocycles. The zero-order valence-corrected chi connectivity index (χ0v) is 7.58. The summed E-state index contributed by atoms with van der Waals surface area (Å²) in [6, 6.07) is 0. The lowest BCUT2D eigenvalue weighted by atomic mass is 10.2. The fourth-order valence-electron chi connectivity index (χ4n) is 0.852. The van der Waals surface area contributed by atoms with E-state index in [0.29, 0.717) is 5.69 Å². The SMILES string of the molecule is Cn1cnc(Cl)c1CC(=O)C(=O)O. The van der Waals surface area contributed by atoms with Crippen LogP contribution in [0.1, 0.15) is 5.69 Å². The second-order valence-corrected chi connectivity index (χ2v) is 2.86. The molecule has 0 aliphatic rings. The van der Waals surface area contributed by atoms with Crippen LogP contribution >= 0.6 is 11.6 Å². The van der Waals surface area contributed by atoms with Crippen molar-refractivity contribution in [2.24, 2.45) is 7.05 Å². The normalized spacial score (nSPS) is 10.0. The Hall–Kier alpha value is -1.36. The molecule has 0 aliphatic heterocycles. The second kappa shape index (κ2) is 3.57. The standard InChI is InChI=1S/C7H7ClN2O3/c1-10-3-9-6(8)4(10)2-5(11)7(12)13/h3H,2H2,1H3,(H,12,13). The summed E-state index contributed by atoms with van der Waals surface area (Å²) in [6.07, 6.45) is 1.19. The first kappa shape index (κ1) is 9.73. The van der Waals surface area contributed by atoms with Gasteiger partial charge in [-0.3, -0.25) is 4.79 Å². The molecule has 0 saturated carbocycles. The Bertz CT molecular complexity index is 339. The molecule has 0 aromatic carbocycles. The third-order valence-electron chi connectivity index (χ3n) is 1.57. The number of aromatic nitrogens is 2. The molecule has 1 aromatic rings. The van der Waals surface area contributed by atoms with Crippen LogP contribution in [0, 0.1) is 0 Å². The number of carbonyl (C=O) groups excluding carboxylic acids is 1. The number of imidazole rings is 1. The highest BCUT2D eigenvalue weighted by molar-refractivity contribution is 6.34. The van der Waals surface area contributed by atoms with Gasteiger partial charge in [-0.25, -0.2) is 9.78 Å². The van der Waals surface area contributed by atoms with Crippen LogP contribution in [-0.2, 0) is 23.1 Å². The van der Waals surface area contributed by atoms with Crippen molar-refractivity contribution in [3.05, 3.63) is 17.2 Å². The average Bonchev–Trinajstić information content (AvgIpc) is 2.35. The van der Waals surface area contributed by atoms with Crippen LogP contribution in [-0.4, -0.2) is 26.4 Å². The Morgan fingerprint density at radius 1 is 1.69 bits per heavy atom. The van der Waals surface area contributed by atoms with E-state index in [1.807, 2.05) is 0 Å². The predicted octanol–water partition coefficient (Wildman–Crippen LogP) is 0.270. The molecule has 1 heterocycles. The first-order chi connectivity index (χ1) is 6.02. The summed E-state index contributed by atoms with van der Waals surface area (Å²) < 4.78 is 1.52. The minimum atomic E-state index is -1.46. The molecule has 0 atom stereocenters. The number of carbonyl (C=O) groups is 2. The molecule has 0 spiro atoms. The lowest BCUT2D eigenvalue weighted by molar-refractivity contribution is -0.148. The van der Waals surface area contributed by atoms with Gasteiger partial charge in [-0.15, -0.1) is 0 Å². The number of hydrogen-bond donors (Lipinski definition) is 1. The monoisotopic (exact) mass is 202 g/mol. The number of hydrogen-bond acceptors (Lipinski definition) is 3. The Balaban J connectivity index is 2.85. The molecule has 0 bridgehead atoms. The van der Waals surface area contributed by atoms with Gasteiger partial charge in [0.05, 0.1) is 18.4 Å². The van der Waals surface area contributed by atoms with Gasteiger partial charge in [0.2, 0.25) is 5.78 Å². The molecule has 5 nitrogen and oxygen atoms in total. The molecular formula is C7H7ClN2O3. The molecule has 6 heteroatoms. The Morgan fingerprint density at radius 2 is 2.31 bits per heavy atom. The van der Waals surface area contributed by atoms with Crippen LogP contribution in [0.15, 0.2) is 6.33 Å². The van der Waals surface area contributed by atoms with Gasteiger partial charge in [0.25, 0.3) is 0 Å². The fraction of sp³-hybridized carbons (Fsp3) is 0.286. The molecule has 0 saturated heterocycles. The maximum absolute atomic E-state index is 10.8. The summed E-state index contributed by atoms with van der Waals surface area (Å²) in [5.41, 5.74) is 0.411. The van der Waals surface area contributed by atoms with Gasteiger partial charge in [0.1, 0.15) is 0 Å². The number of ketones is 1. The molecule has 0 amide bonds. The van der Waals surface area contributed by atoms with E-state index in [1.165, 1.54) is 10.9 Å². The summed E-state index contributed by atoms with van der Waals surface area (Å²) in [7, 11) is 1.64. The van der Waals surface area contributed by atoms with Crippen molar-refractivity contribution in [1.82, 2.24) is 9.55 Å². The van der Waals surface area contributed by atoms with Crippen LogP contribution in [0.3, 0.4) is 0 Å². The number of aliphatic carboxylic acids is 1. The number of carboxylic acid groups (broad SMARTS) is 1. The lowest BCUT2D eigenvalue weighted by Gasteiger charge is -1.98. The molecule has 0 unspecified atom stereocenters. The zero-order chi connectivity index (χ0) is 10.0. The summed E-state index contributed by atoms with van der Waals surface area (Å²) in [5, 5.41) is 8.50. The van der Waals surface area contributed by atoms with E-state index >= 15 is 0 Å². The molecule has 0 radical (unpaired) electrons. The van der Waals surface area contributed by atoms with Crippen LogP contribution in [0.5, 0.6) is 0 Å². The van der Waals surface area contributed by atoms with E-state index < -0.39 is 11.8 Å². The molecule has 1 aromatic heterocycles. The number of Topliss-reactive ketones (excluding diaryl/α,β-unsaturated/α-hetero) is 1. The molecule has 1 N–H and O–H groups in total. The van der Waals surface area contributed by atoms with Crippen LogP contribution in [0.25, 0.3) is 0 Å². The van der Waals surface area contributed by atoms with Gasteiger partial charge < -0.3 is 9.67 Å². The number of halogens is 1. The van der Waals surface area contributed by atoms with Crippen molar-refractivity contribution in [2.45, 2.75) is 6.42 Å². The van der Waals surface area contributed by atoms with Crippen LogP contribution in [0.4, 0.5) is 0 Å². The second-order valence-electron chi connectivity index (χ2n) is 2.50. The van der Waals surface area contributed by atoms with Crippen LogP contribution in [0.2, 0.25) is 5.15 Å².